The zero-order chi connectivity index (χ0) is 14.0. The van der Waals surface area contributed by atoms with Crippen molar-refractivity contribution < 1.29 is 4.52 Å². The van der Waals surface area contributed by atoms with Gasteiger partial charge in [0.25, 0.3) is 0 Å². The summed E-state index contributed by atoms with van der Waals surface area (Å²) in [5.41, 5.74) is 6.01. The van der Waals surface area contributed by atoms with Gasteiger partial charge in [0, 0.05) is 6.54 Å². The van der Waals surface area contributed by atoms with Crippen molar-refractivity contribution in [1.82, 2.24) is 10.1 Å². The molecule has 1 saturated heterocycles. The van der Waals surface area contributed by atoms with Gasteiger partial charge in [-0.15, -0.1) is 0 Å². The van der Waals surface area contributed by atoms with E-state index in [9.17, 15) is 0 Å². The Bertz CT molecular complexity index is 434. The van der Waals surface area contributed by atoms with Crippen LogP contribution >= 0.6 is 11.8 Å². The smallest absolute Gasteiger partial charge is 0.234 e. The number of nitrogens with zero attached hydrogens (tertiary/aromatic N) is 2. The molecule has 1 unspecified atom stereocenters. The quantitative estimate of drug-likeness (QED) is 0.925. The van der Waals surface area contributed by atoms with Crippen molar-refractivity contribution in [3.8, 4) is 0 Å². The fraction of sp³-hybridized carbons (Fsp3) is 0.867. The van der Waals surface area contributed by atoms with Crippen LogP contribution in [0.25, 0.3) is 0 Å². The van der Waals surface area contributed by atoms with Crippen LogP contribution in [0.4, 0.5) is 0 Å². The first-order chi connectivity index (χ1) is 9.73. The zero-order valence-corrected chi connectivity index (χ0v) is 13.1. The molecule has 1 atom stereocenters. The molecule has 1 aliphatic heterocycles. The monoisotopic (exact) mass is 295 g/mol. The lowest BCUT2D eigenvalue weighted by atomic mass is 9.71. The van der Waals surface area contributed by atoms with Crippen LogP contribution in [0.5, 0.6) is 0 Å². The van der Waals surface area contributed by atoms with E-state index in [1.807, 2.05) is 11.8 Å². The van der Waals surface area contributed by atoms with E-state index in [1.165, 1.54) is 37.9 Å². The third-order valence-electron chi connectivity index (χ3n) is 4.99. The topological polar surface area (TPSA) is 64.9 Å². The maximum atomic E-state index is 6.07. The molecule has 112 valence electrons. The molecule has 0 radical (unpaired) electrons. The molecule has 5 heteroatoms. The van der Waals surface area contributed by atoms with Crippen LogP contribution in [0.1, 0.15) is 68.8 Å². The molecule has 0 bridgehead atoms. The van der Waals surface area contributed by atoms with Crippen LogP contribution < -0.4 is 5.73 Å². The van der Waals surface area contributed by atoms with Gasteiger partial charge in [-0.3, -0.25) is 0 Å². The van der Waals surface area contributed by atoms with E-state index in [0.717, 1.165) is 30.5 Å². The third-order valence-corrected chi connectivity index (χ3v) is 6.36. The first kappa shape index (κ1) is 14.4. The van der Waals surface area contributed by atoms with Crippen LogP contribution in [-0.4, -0.2) is 22.4 Å². The normalized spacial score (nSPS) is 35.1. The second-order valence-electron chi connectivity index (χ2n) is 6.48. The fourth-order valence-electron chi connectivity index (χ4n) is 3.35. The van der Waals surface area contributed by atoms with E-state index in [0.29, 0.717) is 11.8 Å². The van der Waals surface area contributed by atoms with Crippen molar-refractivity contribution in [3.63, 3.8) is 0 Å². The van der Waals surface area contributed by atoms with Gasteiger partial charge in [0.15, 0.2) is 5.82 Å². The molecule has 2 N–H and O–H groups in total. The molecule has 0 spiro atoms. The predicted molar refractivity (Wildman–Crippen MR) is 81.7 cm³/mol. The van der Waals surface area contributed by atoms with Gasteiger partial charge < -0.3 is 10.3 Å². The number of rotatable bonds is 3. The van der Waals surface area contributed by atoms with Crippen molar-refractivity contribution in [1.29, 1.82) is 0 Å². The SMILES string of the molecule is CC1CCC(CN)(c2nc(C3CCCCS3)no2)CC1. The maximum absolute atomic E-state index is 6.07. The maximum Gasteiger partial charge on any atom is 0.234 e. The predicted octanol–water partition coefficient (Wildman–Crippen LogP) is 3.43. The molecular weight excluding hydrogens is 270 g/mol. The fourth-order valence-corrected chi connectivity index (χ4v) is 4.58. The lowest BCUT2D eigenvalue weighted by molar-refractivity contribution is 0.191. The van der Waals surface area contributed by atoms with E-state index in [-0.39, 0.29) is 5.41 Å². The Kier molecular flexibility index (Phi) is 4.36. The van der Waals surface area contributed by atoms with Gasteiger partial charge in [-0.05, 0) is 50.2 Å². The van der Waals surface area contributed by atoms with Crippen molar-refractivity contribution in [2.24, 2.45) is 11.7 Å². The largest absolute Gasteiger partial charge is 0.339 e. The average molecular weight is 295 g/mol. The van der Waals surface area contributed by atoms with Crippen molar-refractivity contribution in [2.75, 3.05) is 12.3 Å². The van der Waals surface area contributed by atoms with Crippen LogP contribution in [0.3, 0.4) is 0 Å². The summed E-state index contributed by atoms with van der Waals surface area (Å²) in [4.78, 5) is 4.75. The molecule has 20 heavy (non-hydrogen) atoms. The summed E-state index contributed by atoms with van der Waals surface area (Å²) in [5.74, 6) is 3.71. The van der Waals surface area contributed by atoms with Crippen LogP contribution in [0.15, 0.2) is 4.52 Å². The van der Waals surface area contributed by atoms with Gasteiger partial charge in [-0.1, -0.05) is 18.5 Å². The highest BCUT2D eigenvalue weighted by molar-refractivity contribution is 7.99. The van der Waals surface area contributed by atoms with Gasteiger partial charge in [-0.2, -0.15) is 16.7 Å². The standard InChI is InChI=1S/C15H25N3OS/c1-11-5-7-15(10-16,8-6-11)14-17-13(18-19-14)12-4-2-3-9-20-12/h11-12H,2-10,16H2,1H3. The highest BCUT2D eigenvalue weighted by Gasteiger charge is 2.40. The minimum absolute atomic E-state index is 0.0584. The highest BCUT2D eigenvalue weighted by atomic mass is 32.2. The molecule has 1 saturated carbocycles. The highest BCUT2D eigenvalue weighted by Crippen LogP contribution is 2.42. The first-order valence-electron chi connectivity index (χ1n) is 7.89. The van der Waals surface area contributed by atoms with Gasteiger partial charge in [0.1, 0.15) is 0 Å². The van der Waals surface area contributed by atoms with E-state index >= 15 is 0 Å². The second kappa shape index (κ2) is 6.06. The average Bonchev–Trinajstić information content (AvgIpc) is 3.00. The first-order valence-corrected chi connectivity index (χ1v) is 8.94. The molecule has 1 aromatic heterocycles. The van der Waals surface area contributed by atoms with Gasteiger partial charge in [0.05, 0.1) is 10.7 Å². The summed E-state index contributed by atoms with van der Waals surface area (Å²) in [6.07, 6.45) is 8.38. The third kappa shape index (κ3) is 2.75. The molecule has 0 amide bonds. The number of hydrogen-bond donors (Lipinski definition) is 1. The Labute approximate surface area is 125 Å². The molecule has 4 nitrogen and oxygen atoms in total. The Morgan fingerprint density at radius 3 is 2.75 bits per heavy atom. The van der Waals surface area contributed by atoms with Crippen LogP contribution in [0.2, 0.25) is 0 Å². The van der Waals surface area contributed by atoms with Gasteiger partial charge >= 0.3 is 0 Å². The molecule has 3 rings (SSSR count). The summed E-state index contributed by atoms with van der Waals surface area (Å²) >= 11 is 1.97. The lowest BCUT2D eigenvalue weighted by Crippen LogP contribution is -2.39. The van der Waals surface area contributed by atoms with Gasteiger partial charge in [0.2, 0.25) is 5.89 Å². The molecule has 1 aliphatic carbocycles. The summed E-state index contributed by atoms with van der Waals surface area (Å²) in [5, 5.41) is 4.69. The Morgan fingerprint density at radius 1 is 1.30 bits per heavy atom. The van der Waals surface area contributed by atoms with E-state index in [1.54, 1.807) is 0 Å². The minimum Gasteiger partial charge on any atom is -0.339 e. The number of hydrogen-bond acceptors (Lipinski definition) is 5. The summed E-state index contributed by atoms with van der Waals surface area (Å²) in [6.45, 7) is 2.94. The lowest BCUT2D eigenvalue weighted by Gasteiger charge is -2.35. The molecule has 2 fully saturated rings. The molecule has 2 aliphatic rings. The number of aromatic nitrogens is 2. The van der Waals surface area contributed by atoms with Crippen molar-refractivity contribution in [2.45, 2.75) is 62.5 Å². The van der Waals surface area contributed by atoms with Crippen molar-refractivity contribution in [3.05, 3.63) is 11.7 Å². The Hall–Kier alpha value is -0.550. The Morgan fingerprint density at radius 2 is 2.10 bits per heavy atom. The summed E-state index contributed by atoms with van der Waals surface area (Å²) in [6, 6.07) is 0. The second-order valence-corrected chi connectivity index (χ2v) is 7.79. The zero-order valence-electron chi connectivity index (χ0n) is 12.3. The van der Waals surface area contributed by atoms with E-state index < -0.39 is 0 Å². The van der Waals surface area contributed by atoms with E-state index in [4.69, 9.17) is 15.2 Å². The molecule has 0 aromatic carbocycles. The molecular formula is C15H25N3OS. The van der Waals surface area contributed by atoms with Crippen molar-refractivity contribution >= 4 is 11.8 Å². The summed E-state index contributed by atoms with van der Waals surface area (Å²) < 4.78 is 5.63. The Balaban J connectivity index is 1.77. The number of thioether (sulfide) groups is 1. The molecule has 2 heterocycles. The van der Waals surface area contributed by atoms with E-state index in [2.05, 4.69) is 12.1 Å². The van der Waals surface area contributed by atoms with Gasteiger partial charge in [-0.25, -0.2) is 0 Å². The minimum atomic E-state index is -0.0584. The van der Waals surface area contributed by atoms with Crippen LogP contribution in [-0.2, 0) is 5.41 Å². The molecule has 1 aromatic rings. The number of nitrogens with two attached hydrogens (primary N) is 1. The summed E-state index contributed by atoms with van der Waals surface area (Å²) in [7, 11) is 0. The van der Waals surface area contributed by atoms with Crippen LogP contribution in [0, 0.1) is 5.92 Å².